The van der Waals surface area contributed by atoms with E-state index in [2.05, 4.69) is 30.4 Å². The maximum Gasteiger partial charge on any atom is 0.240 e. The van der Waals surface area contributed by atoms with Crippen molar-refractivity contribution in [2.24, 2.45) is 0 Å². The van der Waals surface area contributed by atoms with E-state index >= 15 is 0 Å². The Morgan fingerprint density at radius 3 is 2.14 bits per heavy atom. The highest BCUT2D eigenvalue weighted by molar-refractivity contribution is 7.89. The lowest BCUT2D eigenvalue weighted by atomic mass is 10.1. The molecular formula is C16H28N2O2S. The first-order chi connectivity index (χ1) is 9.92. The number of nitrogens with one attached hydrogen (secondary N) is 1. The van der Waals surface area contributed by atoms with E-state index in [1.807, 2.05) is 19.1 Å². The van der Waals surface area contributed by atoms with Gasteiger partial charge in [-0.25, -0.2) is 13.1 Å². The van der Waals surface area contributed by atoms with Crippen molar-refractivity contribution in [1.29, 1.82) is 0 Å². The Labute approximate surface area is 129 Å². The predicted octanol–water partition coefficient (Wildman–Crippen LogP) is 2.65. The minimum atomic E-state index is -3.43. The lowest BCUT2D eigenvalue weighted by molar-refractivity contribution is 0.282. The first-order valence-electron chi connectivity index (χ1n) is 7.76. The van der Waals surface area contributed by atoms with Crippen LogP contribution >= 0.6 is 0 Å². The summed E-state index contributed by atoms with van der Waals surface area (Å²) in [6.07, 6.45) is 2.04. The fraction of sp³-hybridized carbons (Fsp3) is 0.625. The molecule has 1 rings (SSSR count). The molecule has 0 spiro atoms. The van der Waals surface area contributed by atoms with Gasteiger partial charge in [0.1, 0.15) is 0 Å². The molecule has 0 saturated carbocycles. The van der Waals surface area contributed by atoms with Gasteiger partial charge in [-0.1, -0.05) is 39.3 Å². The fourth-order valence-corrected chi connectivity index (χ4v) is 3.60. The second-order valence-corrected chi connectivity index (χ2v) is 7.12. The Kier molecular flexibility index (Phi) is 7.35. The molecule has 0 radical (unpaired) electrons. The number of hydrogen-bond donors (Lipinski definition) is 1. The van der Waals surface area contributed by atoms with Gasteiger partial charge in [0.25, 0.3) is 0 Å². The first kappa shape index (κ1) is 18.1. The van der Waals surface area contributed by atoms with E-state index in [-0.39, 0.29) is 6.04 Å². The number of benzene rings is 1. The number of hydrogen-bond acceptors (Lipinski definition) is 3. The molecule has 4 nitrogen and oxygen atoms in total. The van der Waals surface area contributed by atoms with Crippen LogP contribution in [0, 0.1) is 0 Å². The highest BCUT2D eigenvalue weighted by atomic mass is 32.2. The van der Waals surface area contributed by atoms with Crippen LogP contribution in [0.1, 0.15) is 39.7 Å². The van der Waals surface area contributed by atoms with Gasteiger partial charge in [0.2, 0.25) is 10.0 Å². The Hall–Kier alpha value is -0.910. The van der Waals surface area contributed by atoms with E-state index in [1.165, 1.54) is 5.56 Å². The van der Waals surface area contributed by atoms with Crippen molar-refractivity contribution in [2.45, 2.75) is 51.5 Å². The number of aryl methyl sites for hydroxylation is 1. The van der Waals surface area contributed by atoms with E-state index in [9.17, 15) is 8.42 Å². The maximum atomic E-state index is 12.3. The summed E-state index contributed by atoms with van der Waals surface area (Å²) in [6, 6.07) is 7.07. The van der Waals surface area contributed by atoms with Crippen molar-refractivity contribution < 1.29 is 8.42 Å². The van der Waals surface area contributed by atoms with Crippen LogP contribution in [0.3, 0.4) is 0 Å². The summed E-state index contributed by atoms with van der Waals surface area (Å²) < 4.78 is 27.4. The molecule has 0 unspecified atom stereocenters. The molecule has 1 atom stereocenters. The average molecular weight is 312 g/mol. The third kappa shape index (κ3) is 5.77. The normalized spacial score (nSPS) is 13.6. The smallest absolute Gasteiger partial charge is 0.240 e. The van der Waals surface area contributed by atoms with Crippen LogP contribution in [0.15, 0.2) is 29.2 Å². The molecule has 0 aliphatic heterocycles. The zero-order valence-corrected chi connectivity index (χ0v) is 14.4. The number of rotatable bonds is 9. The average Bonchev–Trinajstić information content (AvgIpc) is 2.45. The van der Waals surface area contributed by atoms with Crippen molar-refractivity contribution in [3.05, 3.63) is 29.8 Å². The van der Waals surface area contributed by atoms with Crippen molar-refractivity contribution in [1.82, 2.24) is 9.62 Å². The molecule has 0 aliphatic rings. The predicted molar refractivity (Wildman–Crippen MR) is 88.0 cm³/mol. The van der Waals surface area contributed by atoms with Gasteiger partial charge < -0.3 is 4.90 Å². The summed E-state index contributed by atoms with van der Waals surface area (Å²) in [5.74, 6) is 0. The van der Waals surface area contributed by atoms with Crippen LogP contribution < -0.4 is 4.72 Å². The van der Waals surface area contributed by atoms with E-state index in [1.54, 1.807) is 12.1 Å². The minimum Gasteiger partial charge on any atom is -0.302 e. The summed E-state index contributed by atoms with van der Waals surface area (Å²) >= 11 is 0. The molecule has 0 amide bonds. The molecule has 0 heterocycles. The van der Waals surface area contributed by atoms with Crippen LogP contribution in [0.25, 0.3) is 0 Å². The van der Waals surface area contributed by atoms with E-state index in [4.69, 9.17) is 0 Å². The maximum absolute atomic E-state index is 12.3. The van der Waals surface area contributed by atoms with Gasteiger partial charge >= 0.3 is 0 Å². The molecule has 120 valence electrons. The highest BCUT2D eigenvalue weighted by Gasteiger charge is 2.18. The SMILES string of the molecule is CCCc1ccc(S(=O)(=O)N[C@H](C)CN(CC)CC)cc1. The highest BCUT2D eigenvalue weighted by Crippen LogP contribution is 2.12. The number of likely N-dealkylation sites (N-methyl/N-ethyl adjacent to an activating group) is 1. The van der Waals surface area contributed by atoms with Gasteiger partial charge in [0.15, 0.2) is 0 Å². The lowest BCUT2D eigenvalue weighted by Gasteiger charge is -2.23. The zero-order chi connectivity index (χ0) is 15.9. The van der Waals surface area contributed by atoms with E-state index < -0.39 is 10.0 Å². The lowest BCUT2D eigenvalue weighted by Crippen LogP contribution is -2.41. The van der Waals surface area contributed by atoms with Crippen LogP contribution in [0.2, 0.25) is 0 Å². The molecule has 1 aromatic rings. The Balaban J connectivity index is 2.72. The van der Waals surface area contributed by atoms with Crippen LogP contribution in [-0.4, -0.2) is 39.0 Å². The van der Waals surface area contributed by atoms with Gasteiger partial charge in [-0.15, -0.1) is 0 Å². The monoisotopic (exact) mass is 312 g/mol. The van der Waals surface area contributed by atoms with Crippen molar-refractivity contribution >= 4 is 10.0 Å². The molecule has 5 heteroatoms. The molecule has 0 bridgehead atoms. The largest absolute Gasteiger partial charge is 0.302 e. The summed E-state index contributed by atoms with van der Waals surface area (Å²) in [6.45, 7) is 10.7. The van der Waals surface area contributed by atoms with Crippen molar-refractivity contribution in [3.63, 3.8) is 0 Å². The summed E-state index contributed by atoms with van der Waals surface area (Å²) in [7, 11) is -3.43. The van der Waals surface area contributed by atoms with Gasteiger partial charge in [0, 0.05) is 12.6 Å². The Bertz CT molecular complexity index is 508. The summed E-state index contributed by atoms with van der Waals surface area (Å²) in [5, 5.41) is 0. The standard InChI is InChI=1S/C16H28N2O2S/c1-5-8-15-9-11-16(12-10-15)21(19,20)17-14(4)13-18(6-2)7-3/h9-12,14,17H,5-8,13H2,1-4H3/t14-/m1/s1. The first-order valence-corrected chi connectivity index (χ1v) is 9.24. The number of sulfonamides is 1. The molecule has 1 aromatic carbocycles. The molecule has 0 aliphatic carbocycles. The van der Waals surface area contributed by atoms with Crippen LogP contribution in [0.5, 0.6) is 0 Å². The quantitative estimate of drug-likeness (QED) is 0.762. The zero-order valence-electron chi connectivity index (χ0n) is 13.6. The molecular weight excluding hydrogens is 284 g/mol. The molecule has 0 aromatic heterocycles. The van der Waals surface area contributed by atoms with Crippen LogP contribution in [0.4, 0.5) is 0 Å². The van der Waals surface area contributed by atoms with Gasteiger partial charge in [0.05, 0.1) is 4.90 Å². The van der Waals surface area contributed by atoms with E-state index in [0.717, 1.165) is 32.5 Å². The Morgan fingerprint density at radius 2 is 1.67 bits per heavy atom. The summed E-state index contributed by atoms with van der Waals surface area (Å²) in [5.41, 5.74) is 1.17. The summed E-state index contributed by atoms with van der Waals surface area (Å²) in [4.78, 5) is 2.55. The van der Waals surface area contributed by atoms with Crippen molar-refractivity contribution in [3.8, 4) is 0 Å². The molecule has 1 N–H and O–H groups in total. The molecule has 21 heavy (non-hydrogen) atoms. The number of nitrogens with zero attached hydrogens (tertiary/aromatic N) is 1. The van der Waals surface area contributed by atoms with Crippen LogP contribution in [-0.2, 0) is 16.4 Å². The Morgan fingerprint density at radius 1 is 1.10 bits per heavy atom. The van der Waals surface area contributed by atoms with Gasteiger partial charge in [-0.2, -0.15) is 0 Å². The second-order valence-electron chi connectivity index (χ2n) is 5.40. The molecule has 0 saturated heterocycles. The topological polar surface area (TPSA) is 49.4 Å². The van der Waals surface area contributed by atoms with Crippen molar-refractivity contribution in [2.75, 3.05) is 19.6 Å². The second kappa shape index (κ2) is 8.51. The van der Waals surface area contributed by atoms with Gasteiger partial charge in [-0.3, -0.25) is 0 Å². The van der Waals surface area contributed by atoms with Gasteiger partial charge in [-0.05, 0) is 44.1 Å². The third-order valence-electron chi connectivity index (χ3n) is 3.56. The third-order valence-corrected chi connectivity index (χ3v) is 5.16. The minimum absolute atomic E-state index is 0.106. The van der Waals surface area contributed by atoms with E-state index in [0.29, 0.717) is 4.90 Å². The molecule has 0 fully saturated rings. The fourth-order valence-electron chi connectivity index (χ4n) is 2.36.